The van der Waals surface area contributed by atoms with Gasteiger partial charge in [0.15, 0.2) is 11.4 Å². The van der Waals surface area contributed by atoms with Gasteiger partial charge in [0.2, 0.25) is 0 Å². The summed E-state index contributed by atoms with van der Waals surface area (Å²) in [6, 6.07) is 3.39. The van der Waals surface area contributed by atoms with Crippen molar-refractivity contribution in [3.05, 3.63) is 28.6 Å². The first kappa shape index (κ1) is 14.9. The van der Waals surface area contributed by atoms with Crippen molar-refractivity contribution in [1.29, 1.82) is 0 Å². The van der Waals surface area contributed by atoms with E-state index in [4.69, 9.17) is 4.74 Å². The Balaban J connectivity index is 1.98. The van der Waals surface area contributed by atoms with Crippen LogP contribution in [0.15, 0.2) is 22.9 Å². The highest BCUT2D eigenvalue weighted by molar-refractivity contribution is 9.10. The van der Waals surface area contributed by atoms with Gasteiger partial charge in [-0.05, 0) is 15.9 Å². The predicted molar refractivity (Wildman–Crippen MR) is 79.6 cm³/mol. The van der Waals surface area contributed by atoms with Gasteiger partial charge in [-0.2, -0.15) is 0 Å². The molecule has 22 heavy (non-hydrogen) atoms. The predicted octanol–water partition coefficient (Wildman–Crippen LogP) is 0.483. The Morgan fingerprint density at radius 1 is 1.45 bits per heavy atom. The van der Waals surface area contributed by atoms with Crippen LogP contribution in [0.5, 0.6) is 5.75 Å². The number of halogens is 1. The maximum absolute atomic E-state index is 12.1. The summed E-state index contributed by atoms with van der Waals surface area (Å²) in [7, 11) is 3.19. The molecule has 2 aromatic heterocycles. The highest BCUT2D eigenvalue weighted by atomic mass is 79.9. The molecular formula is C13H14BrN5O3. The second-order valence-electron chi connectivity index (χ2n) is 5.07. The first-order valence-corrected chi connectivity index (χ1v) is 7.36. The molecule has 3 rings (SSSR count). The van der Waals surface area contributed by atoms with Crippen molar-refractivity contribution in [2.75, 3.05) is 20.7 Å². The van der Waals surface area contributed by atoms with Crippen molar-refractivity contribution in [3.63, 3.8) is 0 Å². The molecule has 9 heteroatoms. The van der Waals surface area contributed by atoms with Crippen molar-refractivity contribution in [2.24, 2.45) is 0 Å². The molecule has 8 nitrogen and oxygen atoms in total. The third-order valence-corrected chi connectivity index (χ3v) is 4.06. The molecule has 0 saturated carbocycles. The van der Waals surface area contributed by atoms with Crippen LogP contribution in [0.3, 0.4) is 0 Å². The minimum absolute atomic E-state index is 0.211. The van der Waals surface area contributed by atoms with Crippen molar-refractivity contribution < 1.29 is 14.6 Å². The van der Waals surface area contributed by atoms with E-state index in [9.17, 15) is 9.90 Å². The molecule has 1 N–H and O–H groups in total. The lowest BCUT2D eigenvalue weighted by Crippen LogP contribution is -2.36. The molecule has 2 aromatic rings. The minimum atomic E-state index is -1.62. The first-order chi connectivity index (χ1) is 10.4. The second-order valence-corrected chi connectivity index (χ2v) is 5.89. The van der Waals surface area contributed by atoms with Crippen LogP contribution in [-0.2, 0) is 10.4 Å². The summed E-state index contributed by atoms with van der Waals surface area (Å²) in [5.41, 5.74) is -1.41. The SMILES string of the molecule is COc1cc(Br)nc(-n2cc([C@]3(O)CCN(C)C3=O)nn2)c1. The molecule has 0 radical (unpaired) electrons. The summed E-state index contributed by atoms with van der Waals surface area (Å²) in [6.45, 7) is 0.477. The van der Waals surface area contributed by atoms with E-state index >= 15 is 0 Å². The van der Waals surface area contributed by atoms with E-state index in [1.165, 1.54) is 15.8 Å². The van der Waals surface area contributed by atoms with Crippen molar-refractivity contribution in [3.8, 4) is 11.6 Å². The lowest BCUT2D eigenvalue weighted by Gasteiger charge is -2.17. The number of pyridine rings is 1. The van der Waals surface area contributed by atoms with Crippen molar-refractivity contribution in [2.45, 2.75) is 12.0 Å². The Labute approximate surface area is 134 Å². The van der Waals surface area contributed by atoms with Crippen molar-refractivity contribution >= 4 is 21.8 Å². The largest absolute Gasteiger partial charge is 0.497 e. The van der Waals surface area contributed by atoms with Crippen molar-refractivity contribution in [1.82, 2.24) is 24.9 Å². The quantitative estimate of drug-likeness (QED) is 0.793. The number of likely N-dealkylation sites (N-methyl/N-ethyl adjacent to an activating group) is 1. The zero-order chi connectivity index (χ0) is 15.9. The fourth-order valence-corrected chi connectivity index (χ4v) is 2.76. The van der Waals surface area contributed by atoms with E-state index in [0.717, 1.165) is 0 Å². The average molecular weight is 368 g/mol. The minimum Gasteiger partial charge on any atom is -0.497 e. The number of carbonyl (C=O) groups excluding carboxylic acids is 1. The van der Waals surface area contributed by atoms with Gasteiger partial charge in [-0.3, -0.25) is 4.79 Å². The van der Waals surface area contributed by atoms with E-state index < -0.39 is 5.60 Å². The summed E-state index contributed by atoms with van der Waals surface area (Å²) >= 11 is 3.29. The number of aromatic nitrogens is 4. The number of carbonyl (C=O) groups is 1. The third-order valence-electron chi connectivity index (χ3n) is 3.65. The molecule has 1 aliphatic rings. The number of hydrogen-bond acceptors (Lipinski definition) is 6. The normalized spacial score (nSPS) is 21.5. The Hall–Kier alpha value is -2.00. The van der Waals surface area contributed by atoms with E-state index in [-0.39, 0.29) is 18.0 Å². The molecule has 0 aliphatic carbocycles. The average Bonchev–Trinajstić information content (AvgIpc) is 3.09. The highest BCUT2D eigenvalue weighted by Gasteiger charge is 2.47. The first-order valence-electron chi connectivity index (χ1n) is 6.57. The number of nitrogens with zero attached hydrogens (tertiary/aromatic N) is 5. The molecule has 0 unspecified atom stereocenters. The Morgan fingerprint density at radius 2 is 2.23 bits per heavy atom. The number of methoxy groups -OCH3 is 1. The van der Waals surface area contributed by atoms with Gasteiger partial charge in [-0.25, -0.2) is 9.67 Å². The zero-order valence-corrected chi connectivity index (χ0v) is 13.6. The summed E-state index contributed by atoms with van der Waals surface area (Å²) in [5.74, 6) is 0.691. The van der Waals surface area contributed by atoms with Crippen LogP contribution in [0.1, 0.15) is 12.1 Å². The molecule has 0 bridgehead atoms. The van der Waals surface area contributed by atoms with Crippen LogP contribution in [0, 0.1) is 0 Å². The molecule has 1 amide bonds. The maximum Gasteiger partial charge on any atom is 0.260 e. The van der Waals surface area contributed by atoms with Crippen LogP contribution in [0.25, 0.3) is 5.82 Å². The van der Waals surface area contributed by atoms with Gasteiger partial charge in [-0.1, -0.05) is 5.21 Å². The molecule has 0 aromatic carbocycles. The van der Waals surface area contributed by atoms with Gasteiger partial charge in [0.05, 0.1) is 13.3 Å². The Kier molecular flexibility index (Phi) is 3.61. The van der Waals surface area contributed by atoms with Crippen LogP contribution >= 0.6 is 15.9 Å². The fraction of sp³-hybridized carbons (Fsp3) is 0.385. The number of likely N-dealkylation sites (tertiary alicyclic amines) is 1. The number of amides is 1. The summed E-state index contributed by atoms with van der Waals surface area (Å²) in [4.78, 5) is 17.8. The lowest BCUT2D eigenvalue weighted by molar-refractivity contribution is -0.143. The van der Waals surface area contributed by atoms with E-state index in [1.54, 1.807) is 26.3 Å². The fourth-order valence-electron chi connectivity index (χ4n) is 2.35. The number of aliphatic hydroxyl groups is 1. The zero-order valence-electron chi connectivity index (χ0n) is 12.0. The molecule has 3 heterocycles. The topological polar surface area (TPSA) is 93.4 Å². The van der Waals surface area contributed by atoms with Crippen LogP contribution in [0.4, 0.5) is 0 Å². The maximum atomic E-state index is 12.1. The Morgan fingerprint density at radius 3 is 2.86 bits per heavy atom. The van der Waals surface area contributed by atoms with E-state index in [1.807, 2.05) is 0 Å². The molecule has 1 fully saturated rings. The number of hydrogen-bond donors (Lipinski definition) is 1. The van der Waals surface area contributed by atoms with Crippen LogP contribution in [0.2, 0.25) is 0 Å². The van der Waals surface area contributed by atoms with Gasteiger partial charge >= 0.3 is 0 Å². The molecular weight excluding hydrogens is 354 g/mol. The summed E-state index contributed by atoms with van der Waals surface area (Å²) < 4.78 is 7.15. The highest BCUT2D eigenvalue weighted by Crippen LogP contribution is 2.31. The molecule has 1 aliphatic heterocycles. The second kappa shape index (κ2) is 5.33. The standard InChI is InChI=1S/C13H14BrN5O3/c1-18-4-3-13(21,12(18)20)9-7-19(17-16-9)11-6-8(22-2)5-10(14)15-11/h5-7,21H,3-4H2,1-2H3/t13-/m1/s1. The van der Waals surface area contributed by atoms with E-state index in [2.05, 4.69) is 31.2 Å². The van der Waals surface area contributed by atoms with Crippen LogP contribution in [-0.4, -0.2) is 56.6 Å². The van der Waals surface area contributed by atoms with Crippen LogP contribution < -0.4 is 4.74 Å². The summed E-state index contributed by atoms with van der Waals surface area (Å²) in [6.07, 6.45) is 1.79. The molecule has 1 atom stereocenters. The number of rotatable bonds is 3. The van der Waals surface area contributed by atoms with Gasteiger partial charge in [0.25, 0.3) is 5.91 Å². The van der Waals surface area contributed by atoms with Gasteiger partial charge in [0.1, 0.15) is 16.0 Å². The van der Waals surface area contributed by atoms with Gasteiger partial charge in [0, 0.05) is 32.1 Å². The third kappa shape index (κ3) is 2.35. The monoisotopic (exact) mass is 367 g/mol. The number of ether oxygens (including phenoxy) is 1. The van der Waals surface area contributed by atoms with Gasteiger partial charge < -0.3 is 14.7 Å². The molecule has 0 spiro atoms. The molecule has 1 saturated heterocycles. The smallest absolute Gasteiger partial charge is 0.260 e. The lowest BCUT2D eigenvalue weighted by atomic mass is 9.99. The summed E-state index contributed by atoms with van der Waals surface area (Å²) in [5, 5.41) is 18.4. The van der Waals surface area contributed by atoms with Gasteiger partial charge in [-0.15, -0.1) is 5.10 Å². The molecule has 116 valence electrons. The van der Waals surface area contributed by atoms with E-state index in [0.29, 0.717) is 22.7 Å². The Bertz CT molecular complexity index is 734.